The lowest BCUT2D eigenvalue weighted by molar-refractivity contribution is 0.510. The van der Waals surface area contributed by atoms with Gasteiger partial charge in [0.05, 0.1) is 1.37 Å². The van der Waals surface area contributed by atoms with Crippen LogP contribution in [0.3, 0.4) is 0 Å². The van der Waals surface area contributed by atoms with Gasteiger partial charge in [-0.1, -0.05) is 44.2 Å². The van der Waals surface area contributed by atoms with E-state index in [1.165, 1.54) is 0 Å². The third-order valence-electron chi connectivity index (χ3n) is 1.77. The van der Waals surface area contributed by atoms with Crippen molar-refractivity contribution in [2.75, 3.05) is 0 Å². The van der Waals surface area contributed by atoms with Crippen LogP contribution < -0.4 is 5.73 Å². The molecule has 0 aliphatic heterocycles. The lowest BCUT2D eigenvalue weighted by Crippen LogP contribution is -2.12. The summed E-state index contributed by atoms with van der Waals surface area (Å²) in [5.41, 5.74) is 6.80. The summed E-state index contributed by atoms with van der Waals surface area (Å²) in [4.78, 5) is 0. The van der Waals surface area contributed by atoms with Crippen LogP contribution in [0, 0.1) is 5.92 Å². The number of hydrogen-bond donors (Lipinski definition) is 1. The molecule has 1 atom stereocenters. The van der Waals surface area contributed by atoms with Gasteiger partial charge in [0, 0.05) is 6.02 Å². The van der Waals surface area contributed by atoms with Crippen molar-refractivity contribution in [3.63, 3.8) is 0 Å². The molecule has 66 valence electrons. The highest BCUT2D eigenvalue weighted by molar-refractivity contribution is 5.18. The molecular weight excluding hydrogens is 146 g/mol. The van der Waals surface area contributed by atoms with E-state index in [-0.39, 0.29) is 0 Å². The minimum atomic E-state index is -0.935. The second-order valence-electron chi connectivity index (χ2n) is 3.49. The molecule has 0 aromatic heterocycles. The molecule has 0 fully saturated rings. The molecular formula is C11H17N. The molecule has 1 heteroatoms. The highest BCUT2D eigenvalue weighted by Crippen LogP contribution is 2.17. The smallest absolute Gasteiger partial charge is 0.0514 e. The summed E-state index contributed by atoms with van der Waals surface area (Å²) in [6, 6.07) is 8.67. The summed E-state index contributed by atoms with van der Waals surface area (Å²) in [6.07, 6.45) is 0.691. The molecule has 0 radical (unpaired) electrons. The Kier molecular flexibility index (Phi) is 2.78. The molecule has 1 aromatic carbocycles. The van der Waals surface area contributed by atoms with Crippen LogP contribution in [0.4, 0.5) is 0 Å². The second kappa shape index (κ2) is 4.27. The van der Waals surface area contributed by atoms with E-state index in [0.29, 0.717) is 12.3 Å². The van der Waals surface area contributed by atoms with Crippen LogP contribution in [0.5, 0.6) is 0 Å². The quantitative estimate of drug-likeness (QED) is 0.730. The van der Waals surface area contributed by atoms with Gasteiger partial charge in [0.25, 0.3) is 0 Å². The van der Waals surface area contributed by atoms with Crippen molar-refractivity contribution in [3.05, 3.63) is 35.9 Å². The Morgan fingerprint density at radius 3 is 2.42 bits per heavy atom. The number of benzene rings is 1. The van der Waals surface area contributed by atoms with Gasteiger partial charge in [-0.3, -0.25) is 0 Å². The lowest BCUT2D eigenvalue weighted by Gasteiger charge is -2.13. The van der Waals surface area contributed by atoms with E-state index in [2.05, 4.69) is 13.8 Å². The first kappa shape index (κ1) is 7.81. The molecule has 0 aliphatic carbocycles. The zero-order valence-corrected chi connectivity index (χ0v) is 7.75. The molecule has 0 amide bonds. The van der Waals surface area contributed by atoms with Crippen molar-refractivity contribution in [1.82, 2.24) is 0 Å². The Hall–Kier alpha value is -0.820. The summed E-state index contributed by atoms with van der Waals surface area (Å²) < 4.78 is 7.98. The Morgan fingerprint density at radius 1 is 1.33 bits per heavy atom. The van der Waals surface area contributed by atoms with Gasteiger partial charge in [-0.15, -0.1) is 0 Å². The summed E-state index contributed by atoms with van der Waals surface area (Å²) >= 11 is 0. The first-order chi connectivity index (χ1) is 6.02. The van der Waals surface area contributed by atoms with Crippen molar-refractivity contribution in [1.29, 1.82) is 0 Å². The molecule has 12 heavy (non-hydrogen) atoms. The third-order valence-corrected chi connectivity index (χ3v) is 1.77. The standard InChI is InChI=1S/C11H17N/c1-9(2)8-11(12)10-6-4-3-5-7-10/h3-7,9,11H,8,12H2,1-2H3/i11D. The third kappa shape index (κ3) is 2.67. The molecule has 0 bridgehead atoms. The van der Waals surface area contributed by atoms with E-state index in [0.717, 1.165) is 5.56 Å². The Morgan fingerprint density at radius 2 is 1.92 bits per heavy atom. The van der Waals surface area contributed by atoms with E-state index in [1.807, 2.05) is 30.3 Å². The number of hydrogen-bond acceptors (Lipinski definition) is 1. The minimum Gasteiger partial charge on any atom is -0.324 e. The molecule has 1 rings (SSSR count). The van der Waals surface area contributed by atoms with Crippen molar-refractivity contribution >= 4 is 0 Å². The molecule has 0 aliphatic rings. The monoisotopic (exact) mass is 164 g/mol. The number of nitrogens with two attached hydrogens (primary N) is 1. The molecule has 0 spiro atoms. The van der Waals surface area contributed by atoms with E-state index < -0.39 is 6.02 Å². The molecule has 1 unspecified atom stereocenters. The van der Waals surface area contributed by atoms with Crippen LogP contribution in [0.2, 0.25) is 0 Å². The van der Waals surface area contributed by atoms with Gasteiger partial charge in [0.15, 0.2) is 0 Å². The minimum absolute atomic E-state index is 0.447. The maximum absolute atomic E-state index is 7.98. The molecule has 0 heterocycles. The Labute approximate surface area is 76.0 Å². The first-order valence-corrected chi connectivity index (χ1v) is 4.37. The fraction of sp³-hybridized carbons (Fsp3) is 0.455. The second-order valence-corrected chi connectivity index (χ2v) is 3.49. The maximum Gasteiger partial charge on any atom is 0.0514 e. The number of rotatable bonds is 3. The zero-order chi connectivity index (χ0) is 9.90. The van der Waals surface area contributed by atoms with Gasteiger partial charge >= 0.3 is 0 Å². The Bertz CT molecular complexity index is 254. The van der Waals surface area contributed by atoms with Gasteiger partial charge in [0.2, 0.25) is 0 Å². The van der Waals surface area contributed by atoms with Gasteiger partial charge in [0.1, 0.15) is 0 Å². The van der Waals surface area contributed by atoms with E-state index in [9.17, 15) is 0 Å². The van der Waals surface area contributed by atoms with Crippen LogP contribution in [0.15, 0.2) is 30.3 Å². The highest BCUT2D eigenvalue weighted by atomic mass is 14.6. The molecule has 0 saturated heterocycles. The van der Waals surface area contributed by atoms with Crippen molar-refractivity contribution in [2.45, 2.75) is 26.3 Å². The fourth-order valence-electron chi connectivity index (χ4n) is 1.21. The molecule has 0 saturated carbocycles. The van der Waals surface area contributed by atoms with Crippen molar-refractivity contribution in [2.24, 2.45) is 11.7 Å². The van der Waals surface area contributed by atoms with Gasteiger partial charge in [-0.05, 0) is 17.9 Å². The largest absolute Gasteiger partial charge is 0.324 e. The SMILES string of the molecule is [2H]C(N)(CC(C)C)c1ccccc1. The van der Waals surface area contributed by atoms with E-state index >= 15 is 0 Å². The summed E-state index contributed by atoms with van der Waals surface area (Å²) in [6.45, 7) is 4.16. The fourth-order valence-corrected chi connectivity index (χ4v) is 1.21. The average molecular weight is 164 g/mol. The van der Waals surface area contributed by atoms with Gasteiger partial charge in [-0.2, -0.15) is 0 Å². The predicted molar refractivity (Wildman–Crippen MR) is 52.8 cm³/mol. The molecule has 1 aromatic rings. The highest BCUT2D eigenvalue weighted by Gasteiger charge is 2.06. The van der Waals surface area contributed by atoms with Crippen LogP contribution in [0.1, 0.15) is 33.2 Å². The topological polar surface area (TPSA) is 26.0 Å². The van der Waals surface area contributed by atoms with E-state index in [1.54, 1.807) is 0 Å². The van der Waals surface area contributed by atoms with Crippen molar-refractivity contribution < 1.29 is 1.37 Å². The van der Waals surface area contributed by atoms with Gasteiger partial charge < -0.3 is 5.73 Å². The van der Waals surface area contributed by atoms with Crippen molar-refractivity contribution in [3.8, 4) is 0 Å². The first-order valence-electron chi connectivity index (χ1n) is 4.87. The van der Waals surface area contributed by atoms with Gasteiger partial charge in [-0.25, -0.2) is 0 Å². The summed E-state index contributed by atoms with van der Waals surface area (Å²) in [7, 11) is 0. The molecule has 1 nitrogen and oxygen atoms in total. The summed E-state index contributed by atoms with van der Waals surface area (Å²) in [5, 5.41) is 0. The summed E-state index contributed by atoms with van der Waals surface area (Å²) in [5.74, 6) is 0.447. The Balaban J connectivity index is 2.81. The van der Waals surface area contributed by atoms with Crippen LogP contribution in [-0.4, -0.2) is 0 Å². The maximum atomic E-state index is 7.98. The lowest BCUT2D eigenvalue weighted by atomic mass is 9.98. The van der Waals surface area contributed by atoms with Crippen LogP contribution in [-0.2, 0) is 0 Å². The predicted octanol–water partition coefficient (Wildman–Crippen LogP) is 2.73. The normalized spacial score (nSPS) is 17.2. The van der Waals surface area contributed by atoms with Crippen LogP contribution >= 0.6 is 0 Å². The zero-order valence-electron chi connectivity index (χ0n) is 8.75. The van der Waals surface area contributed by atoms with E-state index in [4.69, 9.17) is 7.10 Å². The van der Waals surface area contributed by atoms with Crippen LogP contribution in [0.25, 0.3) is 0 Å². The average Bonchev–Trinajstić information content (AvgIpc) is 2.04. The molecule has 2 N–H and O–H groups in total.